The molecule has 2 unspecified atom stereocenters. The third-order valence-corrected chi connectivity index (χ3v) is 5.92. The first-order valence-electron chi connectivity index (χ1n) is 6.86. The average Bonchev–Trinajstić information content (AvgIpc) is 3.03. The van der Waals surface area contributed by atoms with Gasteiger partial charge in [-0.05, 0) is 37.5 Å². The van der Waals surface area contributed by atoms with Gasteiger partial charge in [0, 0.05) is 19.1 Å². The first-order valence-corrected chi connectivity index (χ1v) is 8.30. The van der Waals surface area contributed by atoms with E-state index in [1.165, 1.54) is 16.4 Å². The fraction of sp³-hybridized carbons (Fsp3) is 0.462. The monoisotopic (exact) mass is 310 g/mol. The van der Waals surface area contributed by atoms with Crippen LogP contribution in [0.15, 0.2) is 27.9 Å². The van der Waals surface area contributed by atoms with Gasteiger partial charge in [-0.25, -0.2) is 13.2 Å². The number of imidazole rings is 1. The van der Waals surface area contributed by atoms with Crippen LogP contribution >= 0.6 is 0 Å². The normalized spacial score (nSPS) is 21.9. The van der Waals surface area contributed by atoms with E-state index in [9.17, 15) is 13.2 Å². The largest absolute Gasteiger partial charge is 0.328 e. The van der Waals surface area contributed by atoms with Gasteiger partial charge in [0.2, 0.25) is 10.0 Å². The molecule has 1 aliphatic rings. The summed E-state index contributed by atoms with van der Waals surface area (Å²) in [5, 5.41) is 0. The Bertz CT molecular complexity index is 821. The number of H-pyrrole nitrogens is 2. The highest BCUT2D eigenvalue weighted by molar-refractivity contribution is 7.89. The van der Waals surface area contributed by atoms with Crippen molar-refractivity contribution < 1.29 is 8.42 Å². The van der Waals surface area contributed by atoms with Crippen molar-refractivity contribution in [3.8, 4) is 0 Å². The summed E-state index contributed by atoms with van der Waals surface area (Å²) in [5.41, 5.74) is 6.59. The Morgan fingerprint density at radius 3 is 2.71 bits per heavy atom. The molecule has 1 fully saturated rings. The van der Waals surface area contributed by atoms with Gasteiger partial charge in [0.05, 0.1) is 15.9 Å². The smallest absolute Gasteiger partial charge is 0.323 e. The molecule has 2 aromatic rings. The van der Waals surface area contributed by atoms with E-state index in [2.05, 4.69) is 9.97 Å². The van der Waals surface area contributed by atoms with Crippen LogP contribution in [0.2, 0.25) is 0 Å². The lowest BCUT2D eigenvalue weighted by Gasteiger charge is -2.18. The highest BCUT2D eigenvalue weighted by atomic mass is 32.2. The first kappa shape index (κ1) is 14.3. The van der Waals surface area contributed by atoms with Gasteiger partial charge in [0.25, 0.3) is 0 Å². The van der Waals surface area contributed by atoms with Gasteiger partial charge in [-0.3, -0.25) is 0 Å². The summed E-state index contributed by atoms with van der Waals surface area (Å²) in [6, 6.07) is 4.58. The lowest BCUT2D eigenvalue weighted by atomic mass is 10.0. The second-order valence-electron chi connectivity index (χ2n) is 5.56. The summed E-state index contributed by atoms with van der Waals surface area (Å²) < 4.78 is 26.7. The molecular weight excluding hydrogens is 292 g/mol. The minimum Gasteiger partial charge on any atom is -0.328 e. The van der Waals surface area contributed by atoms with E-state index in [0.717, 1.165) is 6.42 Å². The summed E-state index contributed by atoms with van der Waals surface area (Å²) >= 11 is 0. The van der Waals surface area contributed by atoms with Crippen LogP contribution in [0.5, 0.6) is 0 Å². The van der Waals surface area contributed by atoms with Crippen LogP contribution in [0.4, 0.5) is 0 Å². The van der Waals surface area contributed by atoms with Gasteiger partial charge in [0.1, 0.15) is 0 Å². The van der Waals surface area contributed by atoms with Crippen LogP contribution in [-0.4, -0.2) is 41.8 Å². The summed E-state index contributed by atoms with van der Waals surface area (Å²) in [5.74, 6) is 0.190. The molecule has 21 heavy (non-hydrogen) atoms. The SMILES string of the molecule is CC(N)C1CCN(S(=O)(=O)c2ccc3[nH]c(=O)[nH]c3c2)C1. The van der Waals surface area contributed by atoms with E-state index in [-0.39, 0.29) is 22.5 Å². The Morgan fingerprint density at radius 2 is 2.05 bits per heavy atom. The number of hydrogen-bond donors (Lipinski definition) is 3. The Morgan fingerprint density at radius 1 is 1.33 bits per heavy atom. The molecule has 0 spiro atoms. The molecule has 1 aromatic carbocycles. The molecule has 8 heteroatoms. The van der Waals surface area contributed by atoms with Crippen LogP contribution in [0.3, 0.4) is 0 Å². The number of benzene rings is 1. The number of hydrogen-bond acceptors (Lipinski definition) is 4. The molecule has 114 valence electrons. The molecule has 2 heterocycles. The van der Waals surface area contributed by atoms with Crippen LogP contribution in [-0.2, 0) is 10.0 Å². The molecule has 7 nitrogen and oxygen atoms in total. The van der Waals surface area contributed by atoms with E-state index in [1.54, 1.807) is 6.07 Å². The molecule has 1 aromatic heterocycles. The Balaban J connectivity index is 1.95. The molecule has 4 N–H and O–H groups in total. The number of fused-ring (bicyclic) bond motifs is 1. The molecule has 0 radical (unpaired) electrons. The second-order valence-corrected chi connectivity index (χ2v) is 7.50. The molecule has 0 amide bonds. The minimum atomic E-state index is -3.55. The van der Waals surface area contributed by atoms with Crippen molar-refractivity contribution >= 4 is 21.1 Å². The topological polar surface area (TPSA) is 112 Å². The zero-order valence-corrected chi connectivity index (χ0v) is 12.5. The van der Waals surface area contributed by atoms with E-state index in [4.69, 9.17) is 5.73 Å². The predicted molar refractivity (Wildman–Crippen MR) is 79.4 cm³/mol. The van der Waals surface area contributed by atoms with Gasteiger partial charge < -0.3 is 15.7 Å². The zero-order chi connectivity index (χ0) is 15.2. The van der Waals surface area contributed by atoms with Gasteiger partial charge >= 0.3 is 5.69 Å². The molecule has 1 saturated heterocycles. The Kier molecular flexibility index (Phi) is 3.39. The molecule has 0 saturated carbocycles. The zero-order valence-electron chi connectivity index (χ0n) is 11.7. The van der Waals surface area contributed by atoms with E-state index in [0.29, 0.717) is 24.1 Å². The van der Waals surface area contributed by atoms with E-state index >= 15 is 0 Å². The minimum absolute atomic E-state index is 0.0197. The number of aromatic amines is 2. The Hall–Kier alpha value is -1.64. The number of sulfonamides is 1. The van der Waals surface area contributed by atoms with Crippen LogP contribution in [0, 0.1) is 5.92 Å². The van der Waals surface area contributed by atoms with Crippen molar-refractivity contribution in [1.82, 2.24) is 14.3 Å². The summed E-state index contributed by atoms with van der Waals surface area (Å²) in [6.45, 7) is 2.83. The average molecular weight is 310 g/mol. The third-order valence-electron chi connectivity index (χ3n) is 4.06. The maximum atomic E-state index is 12.6. The lowest BCUT2D eigenvalue weighted by Crippen LogP contribution is -2.33. The maximum Gasteiger partial charge on any atom is 0.323 e. The third kappa shape index (κ3) is 2.50. The van der Waals surface area contributed by atoms with Crippen molar-refractivity contribution in [1.29, 1.82) is 0 Å². The van der Waals surface area contributed by atoms with Gasteiger partial charge in [-0.15, -0.1) is 0 Å². The van der Waals surface area contributed by atoms with Crippen LogP contribution in [0.1, 0.15) is 13.3 Å². The number of nitrogens with one attached hydrogen (secondary N) is 2. The van der Waals surface area contributed by atoms with Gasteiger partial charge in [0.15, 0.2) is 0 Å². The summed E-state index contributed by atoms with van der Waals surface area (Å²) in [4.78, 5) is 16.6. The number of rotatable bonds is 3. The van der Waals surface area contributed by atoms with Crippen molar-refractivity contribution in [2.75, 3.05) is 13.1 Å². The van der Waals surface area contributed by atoms with Crippen molar-refractivity contribution in [3.05, 3.63) is 28.7 Å². The quantitative estimate of drug-likeness (QED) is 0.752. The van der Waals surface area contributed by atoms with E-state index in [1.807, 2.05) is 6.92 Å². The maximum absolute atomic E-state index is 12.6. The van der Waals surface area contributed by atoms with Crippen molar-refractivity contribution in [2.45, 2.75) is 24.3 Å². The highest BCUT2D eigenvalue weighted by Gasteiger charge is 2.34. The highest BCUT2D eigenvalue weighted by Crippen LogP contribution is 2.26. The fourth-order valence-corrected chi connectivity index (χ4v) is 4.26. The van der Waals surface area contributed by atoms with Crippen LogP contribution < -0.4 is 11.4 Å². The first-order chi connectivity index (χ1) is 9.88. The lowest BCUT2D eigenvalue weighted by molar-refractivity contribution is 0.429. The summed E-state index contributed by atoms with van der Waals surface area (Å²) in [7, 11) is -3.55. The number of aromatic nitrogens is 2. The standard InChI is InChI=1S/C13H18N4O3S/c1-8(14)9-4-5-17(7-9)21(19,20)10-2-3-11-12(6-10)16-13(18)15-11/h2-3,6,8-9H,4-5,7,14H2,1H3,(H2,15,16,18). The molecular formula is C13H18N4O3S. The van der Waals surface area contributed by atoms with E-state index < -0.39 is 10.0 Å². The van der Waals surface area contributed by atoms with Gasteiger partial charge in [-0.2, -0.15) is 4.31 Å². The molecule has 2 atom stereocenters. The molecule has 1 aliphatic heterocycles. The molecule has 0 aliphatic carbocycles. The summed E-state index contributed by atoms with van der Waals surface area (Å²) in [6.07, 6.45) is 0.778. The predicted octanol–water partition coefficient (Wildman–Crippen LogP) is 0.214. The molecule has 3 rings (SSSR count). The van der Waals surface area contributed by atoms with Crippen molar-refractivity contribution in [3.63, 3.8) is 0 Å². The fourth-order valence-electron chi connectivity index (χ4n) is 2.72. The number of nitrogens with two attached hydrogens (primary N) is 1. The second kappa shape index (κ2) is 4.97. The van der Waals surface area contributed by atoms with Gasteiger partial charge in [-0.1, -0.05) is 0 Å². The van der Waals surface area contributed by atoms with Crippen LogP contribution in [0.25, 0.3) is 11.0 Å². The number of nitrogens with zero attached hydrogens (tertiary/aromatic N) is 1. The van der Waals surface area contributed by atoms with Crippen molar-refractivity contribution in [2.24, 2.45) is 11.7 Å². The Labute approximate surface area is 122 Å². The molecule has 0 bridgehead atoms.